The lowest BCUT2D eigenvalue weighted by Crippen LogP contribution is -2.10. The van der Waals surface area contributed by atoms with E-state index in [1.807, 2.05) is 0 Å². The van der Waals surface area contributed by atoms with Crippen molar-refractivity contribution in [1.82, 2.24) is 0 Å². The van der Waals surface area contributed by atoms with Gasteiger partial charge in [0.15, 0.2) is 4.69 Å². The minimum atomic E-state index is 0.0639. The van der Waals surface area contributed by atoms with Gasteiger partial charge in [0, 0.05) is 6.42 Å². The molecule has 0 aromatic heterocycles. The highest BCUT2D eigenvalue weighted by Gasteiger charge is 2.25. The molecule has 2 nitrogen and oxygen atoms in total. The minimum Gasteiger partial charge on any atom is -0.507 e. The van der Waals surface area contributed by atoms with Crippen LogP contribution in [0.5, 0.6) is 5.75 Å². The summed E-state index contributed by atoms with van der Waals surface area (Å²) in [5.74, 6) is 1.57. The van der Waals surface area contributed by atoms with E-state index in [0.29, 0.717) is 24.0 Å². The van der Waals surface area contributed by atoms with Gasteiger partial charge in [-0.3, -0.25) is 4.79 Å². The Hall–Kier alpha value is -0.830. The quantitative estimate of drug-likeness (QED) is 0.593. The van der Waals surface area contributed by atoms with Gasteiger partial charge in [-0.05, 0) is 76.6 Å². The fourth-order valence-electron chi connectivity index (χ4n) is 4.58. The molecule has 0 atom stereocenters. The first-order chi connectivity index (χ1) is 11.6. The van der Waals surface area contributed by atoms with Gasteiger partial charge in [-0.15, -0.1) is 0 Å². The molecule has 0 heterocycles. The van der Waals surface area contributed by atoms with Crippen LogP contribution in [0.15, 0.2) is 12.1 Å². The predicted molar refractivity (Wildman–Crippen MR) is 102 cm³/mol. The molecular weight excluding hydrogens is 364 g/mol. The summed E-state index contributed by atoms with van der Waals surface area (Å²) in [4.78, 5) is 11.3. The maximum absolute atomic E-state index is 11.3. The molecule has 2 saturated carbocycles. The van der Waals surface area contributed by atoms with Crippen LogP contribution in [0, 0.1) is 0 Å². The molecule has 1 aromatic rings. The van der Waals surface area contributed by atoms with E-state index < -0.39 is 0 Å². The van der Waals surface area contributed by atoms with Crippen molar-refractivity contribution >= 4 is 20.6 Å². The Labute approximate surface area is 154 Å². The zero-order chi connectivity index (χ0) is 16.9. The van der Waals surface area contributed by atoms with Gasteiger partial charge in [0.2, 0.25) is 0 Å². The summed E-state index contributed by atoms with van der Waals surface area (Å²) in [6.45, 7) is 0. The van der Waals surface area contributed by atoms with E-state index in [0.717, 1.165) is 17.5 Å². The number of rotatable bonds is 5. The molecule has 3 heteroatoms. The molecule has 1 aromatic carbocycles. The van der Waals surface area contributed by atoms with Crippen molar-refractivity contribution in [2.24, 2.45) is 0 Å². The van der Waals surface area contributed by atoms with Gasteiger partial charge in [-0.1, -0.05) is 50.7 Å². The lowest BCUT2D eigenvalue weighted by atomic mass is 9.78. The van der Waals surface area contributed by atoms with E-state index in [9.17, 15) is 9.90 Å². The number of hydrogen-bond donors (Lipinski definition) is 1. The zero-order valence-corrected chi connectivity index (χ0v) is 16.1. The van der Waals surface area contributed by atoms with Crippen LogP contribution in [-0.2, 0) is 11.2 Å². The number of halogens is 1. The van der Waals surface area contributed by atoms with Crippen molar-refractivity contribution in [3.63, 3.8) is 0 Å². The van der Waals surface area contributed by atoms with Crippen molar-refractivity contribution in [3.8, 4) is 5.75 Å². The average molecular weight is 393 g/mol. The monoisotopic (exact) mass is 392 g/mol. The summed E-state index contributed by atoms with van der Waals surface area (Å²) in [7, 11) is 0. The van der Waals surface area contributed by atoms with Crippen LogP contribution in [0.3, 0.4) is 0 Å². The molecule has 0 saturated heterocycles. The van der Waals surface area contributed by atoms with Crippen LogP contribution < -0.4 is 0 Å². The SMILES string of the molecule is O=C(Br)CCc1cc(C2CCCCC2)c(O)c(C2CCCCC2)c1. The topological polar surface area (TPSA) is 37.3 Å². The van der Waals surface area contributed by atoms with E-state index in [4.69, 9.17) is 0 Å². The van der Waals surface area contributed by atoms with Gasteiger partial charge >= 0.3 is 0 Å². The summed E-state index contributed by atoms with van der Waals surface area (Å²) < 4.78 is 0.0639. The molecule has 0 radical (unpaired) electrons. The third-order valence-electron chi connectivity index (χ3n) is 5.93. The van der Waals surface area contributed by atoms with E-state index in [-0.39, 0.29) is 4.69 Å². The first-order valence-corrected chi connectivity index (χ1v) is 10.5. The van der Waals surface area contributed by atoms with Crippen LogP contribution in [0.4, 0.5) is 0 Å². The van der Waals surface area contributed by atoms with Crippen LogP contribution in [-0.4, -0.2) is 9.80 Å². The smallest absolute Gasteiger partial charge is 0.198 e. The Morgan fingerprint density at radius 1 is 0.917 bits per heavy atom. The van der Waals surface area contributed by atoms with Gasteiger partial charge in [0.1, 0.15) is 5.75 Å². The highest BCUT2D eigenvalue weighted by molar-refractivity contribution is 9.18. The lowest BCUT2D eigenvalue weighted by Gasteiger charge is -2.28. The summed E-state index contributed by atoms with van der Waals surface area (Å²) >= 11 is 3.05. The Kier molecular flexibility index (Phi) is 6.37. The first-order valence-electron chi connectivity index (χ1n) is 9.69. The predicted octanol–water partition coefficient (Wildman–Crippen LogP) is 6.34. The van der Waals surface area contributed by atoms with Crippen molar-refractivity contribution < 1.29 is 9.90 Å². The Bertz CT molecular complexity index is 530. The van der Waals surface area contributed by atoms with Gasteiger partial charge in [-0.25, -0.2) is 0 Å². The minimum absolute atomic E-state index is 0.0639. The van der Waals surface area contributed by atoms with Gasteiger partial charge < -0.3 is 5.11 Å². The number of hydrogen-bond acceptors (Lipinski definition) is 2. The van der Waals surface area contributed by atoms with Crippen molar-refractivity contribution in [3.05, 3.63) is 28.8 Å². The zero-order valence-electron chi connectivity index (χ0n) is 14.5. The first kappa shape index (κ1) is 18.0. The molecule has 0 unspecified atom stereocenters. The van der Waals surface area contributed by atoms with Gasteiger partial charge in [-0.2, -0.15) is 0 Å². The van der Waals surface area contributed by atoms with Crippen LogP contribution in [0.2, 0.25) is 0 Å². The molecule has 0 bridgehead atoms. The fourth-order valence-corrected chi connectivity index (χ4v) is 4.78. The second-order valence-corrected chi connectivity index (χ2v) is 8.53. The number of phenols is 1. The number of carbonyl (C=O) groups excluding carboxylic acids is 1. The largest absolute Gasteiger partial charge is 0.507 e. The van der Waals surface area contributed by atoms with Crippen molar-refractivity contribution in [2.75, 3.05) is 0 Å². The Morgan fingerprint density at radius 3 is 1.79 bits per heavy atom. The normalized spacial score (nSPS) is 20.2. The number of aryl methyl sites for hydroxylation is 1. The van der Waals surface area contributed by atoms with Gasteiger partial charge in [0.05, 0.1) is 0 Å². The molecule has 1 N–H and O–H groups in total. The van der Waals surface area contributed by atoms with E-state index in [2.05, 4.69) is 28.1 Å². The molecular formula is C21H29BrO2. The fraction of sp³-hybridized carbons (Fsp3) is 0.667. The number of carbonyl (C=O) groups is 1. The molecule has 3 rings (SSSR count). The molecule has 132 valence electrons. The number of benzene rings is 1. The number of phenolic OH excluding ortho intramolecular Hbond substituents is 1. The molecule has 24 heavy (non-hydrogen) atoms. The Balaban J connectivity index is 1.92. The molecule has 2 aliphatic carbocycles. The molecule has 0 amide bonds. The second-order valence-electron chi connectivity index (χ2n) is 7.65. The molecule has 2 fully saturated rings. The van der Waals surface area contributed by atoms with Crippen molar-refractivity contribution in [1.29, 1.82) is 0 Å². The molecule has 0 spiro atoms. The third-order valence-corrected chi connectivity index (χ3v) is 6.33. The summed E-state index contributed by atoms with van der Waals surface area (Å²) in [5.41, 5.74) is 3.55. The standard InChI is InChI=1S/C21H29BrO2/c22-20(23)12-11-15-13-18(16-7-3-1-4-8-16)21(24)19(14-15)17-9-5-2-6-10-17/h13-14,16-17,24H,1-12H2. The molecule has 2 aliphatic rings. The maximum atomic E-state index is 11.3. The average Bonchev–Trinajstić information content (AvgIpc) is 2.62. The maximum Gasteiger partial charge on any atom is 0.198 e. The van der Waals surface area contributed by atoms with E-state index in [1.54, 1.807) is 0 Å². The third kappa shape index (κ3) is 4.41. The summed E-state index contributed by atoms with van der Waals surface area (Å²) in [6.07, 6.45) is 13.8. The van der Waals surface area contributed by atoms with Crippen LogP contribution in [0.1, 0.15) is 99.2 Å². The molecule has 0 aliphatic heterocycles. The highest BCUT2D eigenvalue weighted by Crippen LogP contribution is 2.44. The van der Waals surface area contributed by atoms with Crippen molar-refractivity contribution in [2.45, 2.75) is 88.9 Å². The lowest BCUT2D eigenvalue weighted by molar-refractivity contribution is -0.110. The van der Waals surface area contributed by atoms with Gasteiger partial charge in [0.25, 0.3) is 0 Å². The highest BCUT2D eigenvalue weighted by atomic mass is 79.9. The number of aromatic hydroxyl groups is 1. The van der Waals surface area contributed by atoms with Crippen LogP contribution >= 0.6 is 15.9 Å². The van der Waals surface area contributed by atoms with E-state index >= 15 is 0 Å². The van der Waals surface area contributed by atoms with E-state index in [1.165, 1.54) is 69.8 Å². The summed E-state index contributed by atoms with van der Waals surface area (Å²) in [6, 6.07) is 4.38. The Morgan fingerprint density at radius 2 is 1.38 bits per heavy atom. The second kappa shape index (κ2) is 8.51. The summed E-state index contributed by atoms with van der Waals surface area (Å²) in [5, 5.41) is 11.0. The van der Waals surface area contributed by atoms with Crippen LogP contribution in [0.25, 0.3) is 0 Å².